The van der Waals surface area contributed by atoms with Gasteiger partial charge >= 0.3 is 0 Å². The lowest BCUT2D eigenvalue weighted by Gasteiger charge is -2.37. The van der Waals surface area contributed by atoms with Crippen LogP contribution in [0, 0.1) is 5.82 Å². The first-order valence-electron chi connectivity index (χ1n) is 11.1. The van der Waals surface area contributed by atoms with Crippen molar-refractivity contribution in [1.29, 1.82) is 0 Å². The molecule has 33 heavy (non-hydrogen) atoms. The summed E-state index contributed by atoms with van der Waals surface area (Å²) in [5.74, 6) is -0.554. The second-order valence-corrected chi connectivity index (χ2v) is 9.46. The van der Waals surface area contributed by atoms with Gasteiger partial charge in [-0.2, -0.15) is 0 Å². The van der Waals surface area contributed by atoms with Gasteiger partial charge in [-0.3, -0.25) is 9.59 Å². The van der Waals surface area contributed by atoms with Gasteiger partial charge in [0.05, 0.1) is 5.02 Å². The lowest BCUT2D eigenvalue weighted by atomic mass is 9.71. The van der Waals surface area contributed by atoms with Crippen molar-refractivity contribution >= 4 is 34.8 Å². The Morgan fingerprint density at radius 1 is 0.939 bits per heavy atom. The van der Waals surface area contributed by atoms with Gasteiger partial charge in [0.25, 0.3) is 0 Å². The second kappa shape index (κ2) is 8.96. The van der Waals surface area contributed by atoms with Crippen molar-refractivity contribution < 1.29 is 18.7 Å². The summed E-state index contributed by atoms with van der Waals surface area (Å²) in [4.78, 5) is 26.2. The molecule has 2 aromatic carbocycles. The van der Waals surface area contributed by atoms with Crippen LogP contribution in [0.3, 0.4) is 0 Å². The Labute approximate surface area is 201 Å². The van der Waals surface area contributed by atoms with E-state index in [9.17, 15) is 14.0 Å². The molecule has 2 aliphatic carbocycles. The first-order valence-corrected chi connectivity index (χ1v) is 11.8. The number of hydrogen-bond donors (Lipinski definition) is 1. The Morgan fingerprint density at radius 3 is 2.24 bits per heavy atom. The van der Waals surface area contributed by atoms with Crippen LogP contribution in [0.4, 0.5) is 4.39 Å². The number of rotatable bonds is 4. The number of carbonyl (C=O) groups is 2. The average Bonchev–Trinajstić information content (AvgIpc) is 2.77. The number of dihydropyridines is 1. The van der Waals surface area contributed by atoms with Crippen LogP contribution in [-0.2, 0) is 16.2 Å². The molecule has 1 heterocycles. The molecular weight excluding hydrogens is 464 g/mol. The van der Waals surface area contributed by atoms with E-state index < -0.39 is 5.92 Å². The Bertz CT molecular complexity index is 1190. The van der Waals surface area contributed by atoms with Gasteiger partial charge in [0.1, 0.15) is 18.2 Å². The molecule has 1 N–H and O–H groups in total. The molecule has 0 unspecified atom stereocenters. The summed E-state index contributed by atoms with van der Waals surface area (Å²) in [7, 11) is 0. The zero-order chi connectivity index (χ0) is 23.1. The van der Waals surface area contributed by atoms with E-state index in [1.165, 1.54) is 12.1 Å². The molecule has 0 atom stereocenters. The minimum atomic E-state index is -0.587. The molecule has 0 aromatic heterocycles. The third-order valence-corrected chi connectivity index (χ3v) is 6.91. The van der Waals surface area contributed by atoms with Gasteiger partial charge in [-0.15, -0.1) is 0 Å². The molecule has 5 rings (SSSR count). The fourth-order valence-corrected chi connectivity index (χ4v) is 5.59. The Hall–Kier alpha value is -2.63. The van der Waals surface area contributed by atoms with E-state index >= 15 is 0 Å². The maximum atomic E-state index is 13.7. The van der Waals surface area contributed by atoms with Crippen molar-refractivity contribution in [2.24, 2.45) is 0 Å². The normalized spacial score (nSPS) is 18.8. The first-order chi connectivity index (χ1) is 15.9. The smallest absolute Gasteiger partial charge is 0.161 e. The lowest BCUT2D eigenvalue weighted by Crippen LogP contribution is -2.36. The lowest BCUT2D eigenvalue weighted by molar-refractivity contribution is -0.116. The van der Waals surface area contributed by atoms with Crippen molar-refractivity contribution in [1.82, 2.24) is 5.32 Å². The average molecular weight is 486 g/mol. The van der Waals surface area contributed by atoms with Crippen LogP contribution >= 0.6 is 23.2 Å². The summed E-state index contributed by atoms with van der Waals surface area (Å²) in [6, 6.07) is 9.43. The van der Waals surface area contributed by atoms with E-state index in [0.29, 0.717) is 45.9 Å². The highest BCUT2D eigenvalue weighted by Crippen LogP contribution is 2.49. The van der Waals surface area contributed by atoms with Crippen molar-refractivity contribution in [3.8, 4) is 5.75 Å². The number of Topliss-reactive ketones (excluding diaryl/α,β-unsaturated/α-hetero) is 2. The number of hydrogen-bond acceptors (Lipinski definition) is 4. The van der Waals surface area contributed by atoms with Gasteiger partial charge in [-0.1, -0.05) is 35.3 Å². The molecule has 4 nitrogen and oxygen atoms in total. The highest BCUT2D eigenvalue weighted by Gasteiger charge is 2.41. The number of ether oxygens (including phenoxy) is 1. The van der Waals surface area contributed by atoms with Crippen LogP contribution in [-0.4, -0.2) is 11.6 Å². The van der Waals surface area contributed by atoms with Crippen LogP contribution in [0.5, 0.6) is 5.75 Å². The number of benzene rings is 2. The molecule has 0 saturated heterocycles. The number of nitrogens with one attached hydrogen (secondary N) is 1. The molecule has 0 radical (unpaired) electrons. The van der Waals surface area contributed by atoms with Crippen LogP contribution in [0.1, 0.15) is 55.6 Å². The van der Waals surface area contributed by atoms with Crippen molar-refractivity contribution in [2.75, 3.05) is 0 Å². The first kappa shape index (κ1) is 22.2. The van der Waals surface area contributed by atoms with E-state index in [0.717, 1.165) is 37.1 Å². The molecule has 0 amide bonds. The summed E-state index contributed by atoms with van der Waals surface area (Å²) < 4.78 is 19.8. The second-order valence-electron chi connectivity index (χ2n) is 8.62. The summed E-state index contributed by atoms with van der Waals surface area (Å²) in [5.41, 5.74) is 4.18. The van der Waals surface area contributed by atoms with Gasteiger partial charge in [-0.25, -0.2) is 4.39 Å². The van der Waals surface area contributed by atoms with E-state index in [2.05, 4.69) is 5.32 Å². The molecule has 3 aliphatic rings. The van der Waals surface area contributed by atoms with Gasteiger partial charge in [0.2, 0.25) is 0 Å². The van der Waals surface area contributed by atoms with Crippen LogP contribution in [0.25, 0.3) is 0 Å². The number of ketones is 2. The van der Waals surface area contributed by atoms with Crippen molar-refractivity contribution in [3.05, 3.63) is 85.9 Å². The highest BCUT2D eigenvalue weighted by molar-refractivity contribution is 6.35. The standard InChI is InChI=1S/C26H22Cl2FNO3/c27-15-11-17(26(18(28)12-15)33-13-14-4-1-5-16(29)10-14)23-24-19(6-2-8-21(24)31)30-20-7-3-9-22(32)25(20)23/h1,4-5,10-12,23,30H,2-3,6-9,13H2. The minimum Gasteiger partial charge on any atom is -0.487 e. The van der Waals surface area contributed by atoms with E-state index in [1.807, 2.05) is 0 Å². The molecule has 0 saturated carbocycles. The molecule has 170 valence electrons. The van der Waals surface area contributed by atoms with Crippen LogP contribution in [0.2, 0.25) is 10.0 Å². The topological polar surface area (TPSA) is 55.4 Å². The number of halogens is 3. The molecule has 0 bridgehead atoms. The molecular formula is C26H22Cl2FNO3. The highest BCUT2D eigenvalue weighted by atomic mass is 35.5. The zero-order valence-corrected chi connectivity index (χ0v) is 19.4. The van der Waals surface area contributed by atoms with Gasteiger partial charge < -0.3 is 10.1 Å². The number of carbonyl (C=O) groups excluding carboxylic acids is 2. The molecule has 7 heteroatoms. The summed E-state index contributed by atoms with van der Waals surface area (Å²) in [5, 5.41) is 4.07. The minimum absolute atomic E-state index is 0.0193. The van der Waals surface area contributed by atoms with Gasteiger partial charge in [0, 0.05) is 51.9 Å². The van der Waals surface area contributed by atoms with E-state index in [-0.39, 0.29) is 29.0 Å². The Kier molecular flexibility index (Phi) is 6.02. The van der Waals surface area contributed by atoms with Crippen molar-refractivity contribution in [2.45, 2.75) is 51.0 Å². The molecule has 1 aliphatic heterocycles. The SMILES string of the molecule is O=C1CCCC2=C1C(c1cc(Cl)cc(Cl)c1OCc1cccc(F)c1)C1=C(CCCC1=O)N2. The third-order valence-electron chi connectivity index (χ3n) is 6.41. The Balaban J connectivity index is 1.64. The summed E-state index contributed by atoms with van der Waals surface area (Å²) >= 11 is 13.0. The largest absolute Gasteiger partial charge is 0.487 e. The Morgan fingerprint density at radius 2 is 1.61 bits per heavy atom. The van der Waals surface area contributed by atoms with E-state index in [4.69, 9.17) is 27.9 Å². The van der Waals surface area contributed by atoms with Gasteiger partial charge in [-0.05, 0) is 55.5 Å². The summed E-state index contributed by atoms with van der Waals surface area (Å²) in [6.45, 7) is 0.0801. The fourth-order valence-electron chi connectivity index (χ4n) is 5.02. The quantitative estimate of drug-likeness (QED) is 0.543. The predicted octanol–water partition coefficient (Wildman–Crippen LogP) is 6.41. The maximum Gasteiger partial charge on any atom is 0.161 e. The summed E-state index contributed by atoms with van der Waals surface area (Å²) in [6.07, 6.45) is 3.90. The zero-order valence-electron chi connectivity index (χ0n) is 17.8. The fraction of sp³-hybridized carbons (Fsp3) is 0.308. The van der Waals surface area contributed by atoms with E-state index in [1.54, 1.807) is 24.3 Å². The maximum absolute atomic E-state index is 13.7. The predicted molar refractivity (Wildman–Crippen MR) is 125 cm³/mol. The molecule has 0 fully saturated rings. The number of allylic oxidation sites excluding steroid dienone is 4. The van der Waals surface area contributed by atoms with Crippen molar-refractivity contribution in [3.63, 3.8) is 0 Å². The van der Waals surface area contributed by atoms with Crippen LogP contribution < -0.4 is 10.1 Å². The third kappa shape index (κ3) is 4.20. The molecule has 0 spiro atoms. The van der Waals surface area contributed by atoms with Gasteiger partial charge in [0.15, 0.2) is 11.6 Å². The monoisotopic (exact) mass is 485 g/mol. The molecule has 2 aromatic rings. The van der Waals surface area contributed by atoms with Crippen LogP contribution in [0.15, 0.2) is 58.9 Å².